The van der Waals surface area contributed by atoms with E-state index >= 15 is 0 Å². The summed E-state index contributed by atoms with van der Waals surface area (Å²) in [5.41, 5.74) is 0.660. The number of carbonyl (C=O) groups is 1. The minimum absolute atomic E-state index is 0.162. The number of nitrogens with one attached hydrogen (secondary N) is 1. The Kier molecular flexibility index (Phi) is 4.74. The van der Waals surface area contributed by atoms with E-state index in [4.69, 9.17) is 14.2 Å². The number of anilines is 1. The van der Waals surface area contributed by atoms with E-state index < -0.39 is 17.5 Å². The second-order valence-corrected chi connectivity index (χ2v) is 8.38. The molecule has 0 aliphatic carbocycles. The van der Waals surface area contributed by atoms with Gasteiger partial charge in [-0.05, 0) is 36.6 Å². The van der Waals surface area contributed by atoms with Crippen molar-refractivity contribution in [3.8, 4) is 17.2 Å². The van der Waals surface area contributed by atoms with Crippen molar-refractivity contribution in [3.63, 3.8) is 0 Å². The first-order valence-electron chi connectivity index (χ1n) is 10.6. The molecule has 2 aromatic rings. The number of amides is 1. The number of benzene rings is 2. The van der Waals surface area contributed by atoms with Gasteiger partial charge in [0.1, 0.15) is 0 Å². The van der Waals surface area contributed by atoms with E-state index in [1.165, 1.54) is 21.3 Å². The summed E-state index contributed by atoms with van der Waals surface area (Å²) in [6.45, 7) is 0.623. The lowest BCUT2D eigenvalue weighted by molar-refractivity contribution is -0.534. The Morgan fingerprint density at radius 3 is 2.44 bits per heavy atom. The third-order valence-electron chi connectivity index (χ3n) is 7.17. The van der Waals surface area contributed by atoms with Crippen molar-refractivity contribution in [2.45, 2.75) is 36.4 Å². The van der Waals surface area contributed by atoms with Gasteiger partial charge in [0, 0.05) is 28.8 Å². The van der Waals surface area contributed by atoms with Gasteiger partial charge in [-0.15, -0.1) is 0 Å². The van der Waals surface area contributed by atoms with Crippen LogP contribution in [0.5, 0.6) is 17.2 Å². The lowest BCUT2D eigenvalue weighted by atomic mass is 9.77. The van der Waals surface area contributed by atoms with E-state index in [0.29, 0.717) is 40.6 Å². The highest BCUT2D eigenvalue weighted by Gasteiger charge is 2.73. The molecule has 2 aromatic carbocycles. The average Bonchev–Trinajstić information content (AvgIpc) is 3.46. The number of fused-ring (bicyclic) bond motifs is 4. The van der Waals surface area contributed by atoms with Crippen LogP contribution in [-0.4, -0.2) is 55.7 Å². The molecule has 0 unspecified atom stereocenters. The molecular formula is C23H25N3O6. The van der Waals surface area contributed by atoms with Crippen molar-refractivity contribution >= 4 is 11.6 Å². The number of nitro groups is 1. The van der Waals surface area contributed by atoms with Crippen molar-refractivity contribution in [1.29, 1.82) is 0 Å². The van der Waals surface area contributed by atoms with Crippen LogP contribution >= 0.6 is 0 Å². The first-order chi connectivity index (χ1) is 15.5. The molecule has 0 radical (unpaired) electrons. The van der Waals surface area contributed by atoms with E-state index in [0.717, 1.165) is 12.8 Å². The molecule has 3 heterocycles. The molecule has 0 aromatic heterocycles. The van der Waals surface area contributed by atoms with E-state index in [1.54, 1.807) is 18.2 Å². The normalized spacial score (nSPS) is 28.3. The van der Waals surface area contributed by atoms with Crippen LogP contribution in [0.25, 0.3) is 0 Å². The topological polar surface area (TPSA) is 103 Å². The summed E-state index contributed by atoms with van der Waals surface area (Å²) in [7, 11) is 4.55. The molecule has 4 atom stereocenters. The van der Waals surface area contributed by atoms with Gasteiger partial charge < -0.3 is 19.5 Å². The Bertz CT molecular complexity index is 1080. The molecular weight excluding hydrogens is 414 g/mol. The van der Waals surface area contributed by atoms with Crippen molar-refractivity contribution < 1.29 is 23.9 Å². The quantitative estimate of drug-likeness (QED) is 0.564. The maximum absolute atomic E-state index is 13.5. The zero-order chi connectivity index (χ0) is 22.6. The van der Waals surface area contributed by atoms with E-state index in [9.17, 15) is 14.9 Å². The molecule has 2 fully saturated rings. The number of ether oxygens (including phenoxy) is 3. The number of hydrogen-bond acceptors (Lipinski definition) is 7. The first-order valence-corrected chi connectivity index (χ1v) is 10.6. The van der Waals surface area contributed by atoms with E-state index in [1.807, 2.05) is 18.2 Å². The summed E-state index contributed by atoms with van der Waals surface area (Å²) in [5, 5.41) is 15.6. The molecule has 3 aliphatic heterocycles. The summed E-state index contributed by atoms with van der Waals surface area (Å²) >= 11 is 0. The minimum Gasteiger partial charge on any atom is -0.493 e. The Morgan fingerprint density at radius 2 is 1.81 bits per heavy atom. The van der Waals surface area contributed by atoms with Crippen molar-refractivity contribution in [1.82, 2.24) is 4.90 Å². The van der Waals surface area contributed by atoms with Gasteiger partial charge in [0.15, 0.2) is 17.0 Å². The second kappa shape index (κ2) is 7.37. The molecule has 3 aliphatic rings. The fourth-order valence-electron chi connectivity index (χ4n) is 6.07. The second-order valence-electron chi connectivity index (χ2n) is 8.38. The molecule has 9 nitrogen and oxygen atoms in total. The van der Waals surface area contributed by atoms with Crippen LogP contribution in [0.15, 0.2) is 36.4 Å². The van der Waals surface area contributed by atoms with Gasteiger partial charge in [-0.3, -0.25) is 19.8 Å². The van der Waals surface area contributed by atoms with Crippen LogP contribution in [0.2, 0.25) is 0 Å². The van der Waals surface area contributed by atoms with E-state index in [2.05, 4.69) is 10.2 Å². The zero-order valence-electron chi connectivity index (χ0n) is 18.2. The van der Waals surface area contributed by atoms with Gasteiger partial charge in [-0.25, -0.2) is 0 Å². The fourth-order valence-corrected chi connectivity index (χ4v) is 6.07. The lowest BCUT2D eigenvalue weighted by Crippen LogP contribution is -2.55. The zero-order valence-corrected chi connectivity index (χ0v) is 18.2. The van der Waals surface area contributed by atoms with Gasteiger partial charge >= 0.3 is 0 Å². The predicted octanol–water partition coefficient (Wildman–Crippen LogP) is 2.77. The summed E-state index contributed by atoms with van der Waals surface area (Å²) in [5.74, 6) is 0.438. The SMILES string of the molecule is COc1cc([C@H]2[C@H]([N+](=O)[O-])[C@@]3(C(=O)Nc4ccccc43)N3CCC[C@@H]23)cc(OC)c1OC. The number of methoxy groups -OCH3 is 3. The molecule has 2 saturated heterocycles. The fraction of sp³-hybridized carbons (Fsp3) is 0.435. The van der Waals surface area contributed by atoms with Gasteiger partial charge in [0.2, 0.25) is 5.75 Å². The number of carbonyl (C=O) groups excluding carboxylic acids is 1. The first kappa shape index (κ1) is 20.6. The molecule has 32 heavy (non-hydrogen) atoms. The highest BCUT2D eigenvalue weighted by atomic mass is 16.6. The van der Waals surface area contributed by atoms with Crippen LogP contribution in [-0.2, 0) is 10.3 Å². The lowest BCUT2D eigenvalue weighted by Gasteiger charge is -2.32. The Labute approximate surface area is 185 Å². The van der Waals surface area contributed by atoms with Crippen LogP contribution in [0.3, 0.4) is 0 Å². The predicted molar refractivity (Wildman–Crippen MR) is 116 cm³/mol. The smallest absolute Gasteiger partial charge is 0.256 e. The number of nitrogens with zero attached hydrogens (tertiary/aromatic N) is 2. The molecule has 1 spiro atoms. The summed E-state index contributed by atoms with van der Waals surface area (Å²) < 4.78 is 16.5. The molecule has 0 saturated carbocycles. The van der Waals surface area contributed by atoms with Gasteiger partial charge in [-0.1, -0.05) is 18.2 Å². The van der Waals surface area contributed by atoms with Crippen LogP contribution < -0.4 is 19.5 Å². The number of para-hydroxylation sites is 1. The molecule has 1 N–H and O–H groups in total. The minimum atomic E-state index is -1.35. The number of rotatable bonds is 5. The standard InChI is InChI=1S/C23H25N3O6/c1-30-17-11-13(12-18(31-2)20(17)32-3)19-16-9-6-10-25(16)23(21(19)26(28)29)14-7-4-5-8-15(14)24-22(23)27/h4-5,7-8,11-12,16,19,21H,6,9-10H2,1-3H3,(H,24,27)/t16-,19+,21-,23-/m0/s1. The molecule has 5 rings (SSSR count). The van der Waals surface area contributed by atoms with Crippen molar-refractivity contribution in [2.24, 2.45) is 0 Å². The monoisotopic (exact) mass is 439 g/mol. The highest BCUT2D eigenvalue weighted by Crippen LogP contribution is 2.58. The third-order valence-corrected chi connectivity index (χ3v) is 7.17. The van der Waals surface area contributed by atoms with Gasteiger partial charge in [-0.2, -0.15) is 0 Å². The molecule has 0 bridgehead atoms. The van der Waals surface area contributed by atoms with Gasteiger partial charge in [0.05, 0.1) is 27.2 Å². The van der Waals surface area contributed by atoms with Crippen molar-refractivity contribution in [2.75, 3.05) is 33.2 Å². The third kappa shape index (κ3) is 2.51. The summed E-state index contributed by atoms with van der Waals surface area (Å²) in [4.78, 5) is 28.0. The molecule has 9 heteroatoms. The van der Waals surface area contributed by atoms with Crippen LogP contribution in [0, 0.1) is 10.1 Å². The van der Waals surface area contributed by atoms with Gasteiger partial charge in [0.25, 0.3) is 11.9 Å². The Morgan fingerprint density at radius 1 is 1.12 bits per heavy atom. The van der Waals surface area contributed by atoms with Crippen LogP contribution in [0.4, 0.5) is 5.69 Å². The van der Waals surface area contributed by atoms with Crippen LogP contribution in [0.1, 0.15) is 29.9 Å². The maximum atomic E-state index is 13.5. The summed E-state index contributed by atoms with van der Waals surface area (Å²) in [6.07, 6.45) is 1.64. The Hall–Kier alpha value is -3.33. The highest BCUT2D eigenvalue weighted by molar-refractivity contribution is 6.07. The van der Waals surface area contributed by atoms with E-state index in [-0.39, 0.29) is 16.9 Å². The largest absolute Gasteiger partial charge is 0.493 e. The summed E-state index contributed by atoms with van der Waals surface area (Å²) in [6, 6.07) is 9.51. The Balaban J connectivity index is 1.75. The van der Waals surface area contributed by atoms with Crippen molar-refractivity contribution in [3.05, 3.63) is 57.6 Å². The maximum Gasteiger partial charge on any atom is 0.256 e. The molecule has 1 amide bonds. The number of hydrogen-bond donors (Lipinski definition) is 1. The average molecular weight is 439 g/mol. The molecule has 168 valence electrons.